The third kappa shape index (κ3) is 1.53. The van der Waals surface area contributed by atoms with E-state index in [0.29, 0.717) is 11.3 Å². The zero-order valence-corrected chi connectivity index (χ0v) is 6.98. The minimum atomic E-state index is -0.233. The molecule has 1 N–H and O–H groups in total. The molecule has 0 fully saturated rings. The van der Waals surface area contributed by atoms with E-state index in [1.54, 1.807) is 24.9 Å². The Balaban J connectivity index is 3.02. The lowest BCUT2D eigenvalue weighted by Crippen LogP contribution is -1.94. The van der Waals surface area contributed by atoms with Crippen molar-refractivity contribution in [3.8, 4) is 0 Å². The number of nitrogens with zero attached hydrogens (tertiary/aromatic N) is 2. The lowest BCUT2D eigenvalue weighted by Gasteiger charge is -1.87. The summed E-state index contributed by atoms with van der Waals surface area (Å²) in [5.74, 6) is -0.233. The predicted molar refractivity (Wildman–Crippen MR) is 44.0 cm³/mol. The first-order valence-corrected chi connectivity index (χ1v) is 3.50. The van der Waals surface area contributed by atoms with Gasteiger partial charge in [-0.3, -0.25) is 9.48 Å². The number of allylic oxidation sites excluding steroid dienone is 1. The normalized spacial score (nSPS) is 10.8. The van der Waals surface area contributed by atoms with Gasteiger partial charge in [0.25, 0.3) is 0 Å². The van der Waals surface area contributed by atoms with Gasteiger partial charge >= 0.3 is 0 Å². The standard InChI is InChI=1S/C8H10N2O2/c1-6-7(5-10(2)9-6)8(12)3-4-11/h3-5,11H,1-2H3. The zero-order chi connectivity index (χ0) is 9.14. The van der Waals surface area contributed by atoms with E-state index >= 15 is 0 Å². The Hall–Kier alpha value is -1.58. The van der Waals surface area contributed by atoms with Crippen molar-refractivity contribution < 1.29 is 9.90 Å². The second kappa shape index (κ2) is 3.21. The second-order valence-corrected chi connectivity index (χ2v) is 2.48. The zero-order valence-electron chi connectivity index (χ0n) is 6.98. The third-order valence-electron chi connectivity index (χ3n) is 1.50. The largest absolute Gasteiger partial charge is 0.515 e. The highest BCUT2D eigenvalue weighted by atomic mass is 16.2. The molecule has 0 bridgehead atoms. The van der Waals surface area contributed by atoms with Crippen LogP contribution >= 0.6 is 0 Å². The number of ketones is 1. The average Bonchev–Trinajstić information content (AvgIpc) is 2.30. The van der Waals surface area contributed by atoms with Crippen LogP contribution in [0.25, 0.3) is 0 Å². The van der Waals surface area contributed by atoms with Crippen LogP contribution in [0, 0.1) is 6.92 Å². The highest BCUT2D eigenvalue weighted by Gasteiger charge is 2.08. The fraction of sp³-hybridized carbons (Fsp3) is 0.250. The summed E-state index contributed by atoms with van der Waals surface area (Å²) in [6.45, 7) is 1.75. The first kappa shape index (κ1) is 8.52. The van der Waals surface area contributed by atoms with Crippen LogP contribution in [-0.2, 0) is 7.05 Å². The van der Waals surface area contributed by atoms with Gasteiger partial charge in [-0.1, -0.05) is 0 Å². The van der Waals surface area contributed by atoms with E-state index in [1.807, 2.05) is 0 Å². The fourth-order valence-electron chi connectivity index (χ4n) is 0.999. The van der Waals surface area contributed by atoms with Crippen LogP contribution in [0.1, 0.15) is 16.1 Å². The number of aromatic nitrogens is 2. The summed E-state index contributed by atoms with van der Waals surface area (Å²) in [5, 5.41) is 12.4. The molecule has 0 saturated carbocycles. The maximum atomic E-state index is 11.2. The third-order valence-corrected chi connectivity index (χ3v) is 1.50. The quantitative estimate of drug-likeness (QED) is 0.405. The van der Waals surface area contributed by atoms with Crippen LogP contribution in [0.5, 0.6) is 0 Å². The van der Waals surface area contributed by atoms with Crippen molar-refractivity contribution in [3.05, 3.63) is 29.8 Å². The second-order valence-electron chi connectivity index (χ2n) is 2.48. The molecule has 4 nitrogen and oxygen atoms in total. The number of aliphatic hydroxyl groups is 1. The monoisotopic (exact) mass is 166 g/mol. The molecule has 0 spiro atoms. The lowest BCUT2D eigenvalue weighted by molar-refractivity contribution is 0.104. The van der Waals surface area contributed by atoms with E-state index in [4.69, 9.17) is 5.11 Å². The van der Waals surface area contributed by atoms with Crippen LogP contribution in [0.2, 0.25) is 0 Å². The number of carbonyl (C=O) groups excluding carboxylic acids is 1. The fourth-order valence-corrected chi connectivity index (χ4v) is 0.999. The minimum absolute atomic E-state index is 0.233. The molecule has 0 aliphatic rings. The van der Waals surface area contributed by atoms with Crippen molar-refractivity contribution in [2.24, 2.45) is 7.05 Å². The van der Waals surface area contributed by atoms with Gasteiger partial charge in [-0.2, -0.15) is 5.10 Å². The Morgan fingerprint density at radius 3 is 2.83 bits per heavy atom. The molecule has 64 valence electrons. The number of aryl methyl sites for hydroxylation is 2. The summed E-state index contributed by atoms with van der Waals surface area (Å²) in [5.41, 5.74) is 1.18. The smallest absolute Gasteiger partial charge is 0.192 e. The first-order valence-electron chi connectivity index (χ1n) is 3.50. The first-order chi connectivity index (χ1) is 5.65. The van der Waals surface area contributed by atoms with Crippen LogP contribution in [0.15, 0.2) is 18.5 Å². The van der Waals surface area contributed by atoms with Gasteiger partial charge in [0.1, 0.15) is 0 Å². The Labute approximate surface area is 70.1 Å². The molecular formula is C8H10N2O2. The summed E-state index contributed by atoms with van der Waals surface area (Å²) in [7, 11) is 1.74. The van der Waals surface area contributed by atoms with Crippen molar-refractivity contribution in [3.63, 3.8) is 0 Å². The van der Waals surface area contributed by atoms with Crippen LogP contribution in [0.4, 0.5) is 0 Å². The van der Waals surface area contributed by atoms with Gasteiger partial charge in [-0.05, 0) is 6.92 Å². The molecule has 0 atom stereocenters. The maximum absolute atomic E-state index is 11.2. The Morgan fingerprint density at radius 1 is 1.75 bits per heavy atom. The van der Waals surface area contributed by atoms with Crippen molar-refractivity contribution in [2.45, 2.75) is 6.92 Å². The molecular weight excluding hydrogens is 156 g/mol. The Bertz CT molecular complexity index is 326. The number of hydrogen-bond donors (Lipinski definition) is 1. The molecule has 1 rings (SSSR count). The average molecular weight is 166 g/mol. The van der Waals surface area contributed by atoms with E-state index in [0.717, 1.165) is 12.3 Å². The van der Waals surface area contributed by atoms with Crippen LogP contribution in [0.3, 0.4) is 0 Å². The number of aliphatic hydroxyl groups excluding tert-OH is 1. The van der Waals surface area contributed by atoms with E-state index in [9.17, 15) is 4.79 Å². The summed E-state index contributed by atoms with van der Waals surface area (Å²) in [6, 6.07) is 0. The molecule has 1 aromatic rings. The summed E-state index contributed by atoms with van der Waals surface area (Å²) < 4.78 is 1.56. The van der Waals surface area contributed by atoms with Gasteiger partial charge in [0, 0.05) is 19.3 Å². The van der Waals surface area contributed by atoms with Gasteiger partial charge in [0.15, 0.2) is 5.78 Å². The summed E-state index contributed by atoms with van der Waals surface area (Å²) in [6.07, 6.45) is 3.45. The van der Waals surface area contributed by atoms with E-state index < -0.39 is 0 Å². The Morgan fingerprint density at radius 2 is 2.42 bits per heavy atom. The molecule has 0 amide bonds. The molecule has 0 aromatic carbocycles. The van der Waals surface area contributed by atoms with Gasteiger partial charge in [-0.15, -0.1) is 0 Å². The minimum Gasteiger partial charge on any atom is -0.515 e. The molecule has 0 aliphatic carbocycles. The SMILES string of the molecule is Cc1nn(C)cc1C(=O)C=CO. The number of rotatable bonds is 2. The predicted octanol–water partition coefficient (Wildman–Crippen LogP) is 0.983. The van der Waals surface area contributed by atoms with E-state index in [-0.39, 0.29) is 5.78 Å². The summed E-state index contributed by atoms with van der Waals surface area (Å²) in [4.78, 5) is 11.2. The number of hydrogen-bond acceptors (Lipinski definition) is 3. The number of carbonyl (C=O) groups is 1. The van der Waals surface area contributed by atoms with E-state index in [2.05, 4.69) is 5.10 Å². The molecule has 0 radical (unpaired) electrons. The van der Waals surface area contributed by atoms with Gasteiger partial charge < -0.3 is 5.11 Å². The van der Waals surface area contributed by atoms with E-state index in [1.165, 1.54) is 0 Å². The molecule has 0 unspecified atom stereocenters. The molecule has 12 heavy (non-hydrogen) atoms. The lowest BCUT2D eigenvalue weighted by atomic mass is 10.2. The van der Waals surface area contributed by atoms with Crippen molar-refractivity contribution in [1.29, 1.82) is 0 Å². The van der Waals surface area contributed by atoms with Gasteiger partial charge in [-0.25, -0.2) is 0 Å². The van der Waals surface area contributed by atoms with Gasteiger partial charge in [0.05, 0.1) is 17.5 Å². The van der Waals surface area contributed by atoms with Crippen molar-refractivity contribution >= 4 is 5.78 Å². The molecule has 0 saturated heterocycles. The maximum Gasteiger partial charge on any atom is 0.192 e. The molecule has 0 aliphatic heterocycles. The highest BCUT2D eigenvalue weighted by Crippen LogP contribution is 2.05. The highest BCUT2D eigenvalue weighted by molar-refractivity contribution is 6.04. The Kier molecular flexibility index (Phi) is 2.28. The van der Waals surface area contributed by atoms with Crippen molar-refractivity contribution in [2.75, 3.05) is 0 Å². The topological polar surface area (TPSA) is 55.1 Å². The van der Waals surface area contributed by atoms with Crippen LogP contribution in [-0.4, -0.2) is 20.7 Å². The molecule has 1 heterocycles. The molecule has 1 aromatic heterocycles. The van der Waals surface area contributed by atoms with Crippen molar-refractivity contribution in [1.82, 2.24) is 9.78 Å². The van der Waals surface area contributed by atoms with Crippen LogP contribution < -0.4 is 0 Å². The van der Waals surface area contributed by atoms with Gasteiger partial charge in [0.2, 0.25) is 0 Å². The summed E-state index contributed by atoms with van der Waals surface area (Å²) >= 11 is 0. The molecule has 4 heteroatoms.